The predicted molar refractivity (Wildman–Crippen MR) is 67.1 cm³/mol. The lowest BCUT2D eigenvalue weighted by Crippen LogP contribution is -2.30. The molecule has 0 saturated heterocycles. The van der Waals surface area contributed by atoms with Crippen molar-refractivity contribution in [2.24, 2.45) is 12.9 Å². The number of hydrazine groups is 1. The van der Waals surface area contributed by atoms with Gasteiger partial charge >= 0.3 is 0 Å². The van der Waals surface area contributed by atoms with Gasteiger partial charge in [-0.05, 0) is 20.3 Å². The molecule has 17 heavy (non-hydrogen) atoms. The van der Waals surface area contributed by atoms with Gasteiger partial charge < -0.3 is 0 Å². The third-order valence-corrected chi connectivity index (χ3v) is 3.87. The van der Waals surface area contributed by atoms with E-state index in [1.807, 2.05) is 20.9 Å². The van der Waals surface area contributed by atoms with Crippen LogP contribution in [-0.4, -0.2) is 30.2 Å². The Morgan fingerprint density at radius 3 is 2.41 bits per heavy atom. The summed E-state index contributed by atoms with van der Waals surface area (Å²) in [5.41, 5.74) is 5.53. The summed E-state index contributed by atoms with van der Waals surface area (Å²) in [6.07, 6.45) is 1.67. The zero-order valence-electron chi connectivity index (χ0n) is 10.7. The summed E-state index contributed by atoms with van der Waals surface area (Å²) in [6, 6.07) is -0.182. The molecule has 3 N–H and O–H groups in total. The van der Waals surface area contributed by atoms with Crippen LogP contribution in [-0.2, 0) is 16.9 Å². The summed E-state index contributed by atoms with van der Waals surface area (Å²) in [4.78, 5) is 0. The molecule has 0 spiro atoms. The molecule has 1 aromatic heterocycles. The Labute approximate surface area is 102 Å². The van der Waals surface area contributed by atoms with Gasteiger partial charge in [0.05, 0.1) is 17.5 Å². The molecule has 7 heteroatoms. The molecule has 0 aliphatic rings. The van der Waals surface area contributed by atoms with Crippen LogP contribution in [0.2, 0.25) is 0 Å². The average Bonchev–Trinajstić information content (AvgIpc) is 2.43. The van der Waals surface area contributed by atoms with Crippen molar-refractivity contribution < 1.29 is 8.42 Å². The number of aryl methyl sites for hydroxylation is 2. The predicted octanol–water partition coefficient (Wildman–Crippen LogP) is -0.0240. The van der Waals surface area contributed by atoms with E-state index >= 15 is 0 Å². The molecule has 0 aliphatic heterocycles. The van der Waals surface area contributed by atoms with E-state index in [0.717, 1.165) is 17.0 Å². The molecule has 0 aromatic carbocycles. The Kier molecular flexibility index (Phi) is 4.29. The third kappa shape index (κ3) is 3.52. The second-order valence-electron chi connectivity index (χ2n) is 4.35. The molecule has 0 bridgehead atoms. The van der Waals surface area contributed by atoms with E-state index in [2.05, 4.69) is 10.5 Å². The minimum Gasteiger partial charge on any atom is -0.272 e. The monoisotopic (exact) mass is 260 g/mol. The van der Waals surface area contributed by atoms with Gasteiger partial charge in [0.15, 0.2) is 0 Å². The van der Waals surface area contributed by atoms with Crippen LogP contribution >= 0.6 is 0 Å². The quantitative estimate of drug-likeness (QED) is 0.573. The van der Waals surface area contributed by atoms with Crippen molar-refractivity contribution in [3.05, 3.63) is 17.0 Å². The summed E-state index contributed by atoms with van der Waals surface area (Å²) in [6.45, 7) is 3.84. The number of nitrogens with one attached hydrogen (secondary N) is 1. The molecular weight excluding hydrogens is 240 g/mol. The number of rotatable bonds is 5. The Balaban J connectivity index is 2.94. The van der Waals surface area contributed by atoms with Gasteiger partial charge in [0.1, 0.15) is 9.84 Å². The van der Waals surface area contributed by atoms with Crippen LogP contribution in [0.1, 0.15) is 29.4 Å². The Morgan fingerprint density at radius 1 is 1.47 bits per heavy atom. The highest BCUT2D eigenvalue weighted by Gasteiger charge is 2.20. The highest BCUT2D eigenvalue weighted by Crippen LogP contribution is 2.23. The molecule has 1 rings (SSSR count). The fourth-order valence-corrected chi connectivity index (χ4v) is 2.60. The van der Waals surface area contributed by atoms with Crippen molar-refractivity contribution in [3.8, 4) is 0 Å². The van der Waals surface area contributed by atoms with Gasteiger partial charge in [0.2, 0.25) is 0 Å². The second-order valence-corrected chi connectivity index (χ2v) is 6.61. The fraction of sp³-hybridized carbons (Fsp3) is 0.700. The zero-order valence-corrected chi connectivity index (χ0v) is 11.5. The van der Waals surface area contributed by atoms with Crippen LogP contribution in [0.4, 0.5) is 0 Å². The van der Waals surface area contributed by atoms with Gasteiger partial charge in [-0.25, -0.2) is 8.42 Å². The number of nitrogens with two attached hydrogens (primary N) is 1. The lowest BCUT2D eigenvalue weighted by atomic mass is 10.0. The van der Waals surface area contributed by atoms with E-state index in [1.54, 1.807) is 4.68 Å². The number of hydrogen-bond donors (Lipinski definition) is 2. The number of sulfone groups is 1. The van der Waals surface area contributed by atoms with Crippen LogP contribution in [0.5, 0.6) is 0 Å². The zero-order chi connectivity index (χ0) is 13.2. The summed E-state index contributed by atoms with van der Waals surface area (Å²) >= 11 is 0. The van der Waals surface area contributed by atoms with Gasteiger partial charge in [-0.1, -0.05) is 0 Å². The lowest BCUT2D eigenvalue weighted by Gasteiger charge is -2.16. The molecular formula is C10H20N4O2S. The van der Waals surface area contributed by atoms with Crippen molar-refractivity contribution >= 4 is 9.84 Å². The molecule has 6 nitrogen and oxygen atoms in total. The van der Waals surface area contributed by atoms with Gasteiger partial charge in [0, 0.05) is 24.6 Å². The second kappa shape index (κ2) is 5.16. The van der Waals surface area contributed by atoms with Gasteiger partial charge in [0.25, 0.3) is 0 Å². The first kappa shape index (κ1) is 14.1. The van der Waals surface area contributed by atoms with Crippen molar-refractivity contribution in [2.45, 2.75) is 26.3 Å². The summed E-state index contributed by atoms with van der Waals surface area (Å²) < 4.78 is 24.1. The van der Waals surface area contributed by atoms with Gasteiger partial charge in [-0.3, -0.25) is 16.0 Å². The minimum atomic E-state index is -2.98. The molecule has 1 aromatic rings. The highest BCUT2D eigenvalue weighted by molar-refractivity contribution is 7.90. The van der Waals surface area contributed by atoms with E-state index in [1.165, 1.54) is 6.26 Å². The van der Waals surface area contributed by atoms with Crippen molar-refractivity contribution in [2.75, 3.05) is 12.0 Å². The fourth-order valence-electron chi connectivity index (χ4n) is 1.94. The first-order valence-electron chi connectivity index (χ1n) is 5.40. The molecule has 0 amide bonds. The van der Waals surface area contributed by atoms with Gasteiger partial charge in [-0.15, -0.1) is 0 Å². The van der Waals surface area contributed by atoms with Crippen LogP contribution in [0.3, 0.4) is 0 Å². The maximum absolute atomic E-state index is 11.2. The number of hydrogen-bond acceptors (Lipinski definition) is 5. The summed E-state index contributed by atoms with van der Waals surface area (Å²) in [7, 11) is -1.12. The molecule has 1 unspecified atom stereocenters. The minimum absolute atomic E-state index is 0.107. The van der Waals surface area contributed by atoms with E-state index < -0.39 is 9.84 Å². The SMILES string of the molecule is Cc1nn(C)c(C)c1C(CCS(C)(=O)=O)NN. The van der Waals surface area contributed by atoms with E-state index in [0.29, 0.717) is 6.42 Å². The first-order valence-corrected chi connectivity index (χ1v) is 7.46. The van der Waals surface area contributed by atoms with Crippen LogP contribution in [0.25, 0.3) is 0 Å². The van der Waals surface area contributed by atoms with E-state index in [4.69, 9.17) is 5.84 Å². The molecule has 0 saturated carbocycles. The normalized spacial score (nSPS) is 13.9. The van der Waals surface area contributed by atoms with Crippen LogP contribution in [0, 0.1) is 13.8 Å². The maximum Gasteiger partial charge on any atom is 0.147 e. The summed E-state index contributed by atoms with van der Waals surface area (Å²) in [5.74, 6) is 5.61. The largest absolute Gasteiger partial charge is 0.272 e. The van der Waals surface area contributed by atoms with Crippen LogP contribution < -0.4 is 11.3 Å². The molecule has 1 atom stereocenters. The lowest BCUT2D eigenvalue weighted by molar-refractivity contribution is 0.526. The van der Waals surface area contributed by atoms with Crippen molar-refractivity contribution in [1.82, 2.24) is 15.2 Å². The Bertz CT molecular complexity index is 493. The Hall–Kier alpha value is -0.920. The maximum atomic E-state index is 11.2. The number of aromatic nitrogens is 2. The number of nitrogens with zero attached hydrogens (tertiary/aromatic N) is 2. The molecule has 0 fully saturated rings. The molecule has 98 valence electrons. The third-order valence-electron chi connectivity index (χ3n) is 2.89. The summed E-state index contributed by atoms with van der Waals surface area (Å²) in [5, 5.41) is 4.30. The van der Waals surface area contributed by atoms with Crippen LogP contribution in [0.15, 0.2) is 0 Å². The average molecular weight is 260 g/mol. The topological polar surface area (TPSA) is 90.0 Å². The van der Waals surface area contributed by atoms with E-state index in [-0.39, 0.29) is 11.8 Å². The first-order chi connectivity index (χ1) is 7.76. The highest BCUT2D eigenvalue weighted by atomic mass is 32.2. The molecule has 0 aliphatic carbocycles. The molecule has 0 radical (unpaired) electrons. The molecule has 1 heterocycles. The van der Waals surface area contributed by atoms with Gasteiger partial charge in [-0.2, -0.15) is 5.10 Å². The van der Waals surface area contributed by atoms with Crippen molar-refractivity contribution in [3.63, 3.8) is 0 Å². The standard InChI is InChI=1S/C10H20N4O2S/c1-7-10(8(2)14(3)13-7)9(12-11)5-6-17(4,15)16/h9,12H,5-6,11H2,1-4H3. The Morgan fingerprint density at radius 2 is 2.06 bits per heavy atom. The van der Waals surface area contributed by atoms with Crippen molar-refractivity contribution in [1.29, 1.82) is 0 Å². The van der Waals surface area contributed by atoms with E-state index in [9.17, 15) is 8.42 Å². The smallest absolute Gasteiger partial charge is 0.147 e.